The SMILES string of the molecule is COc1cc(C)[nH]c(=O)c1CNC(=O)c1c(C)n([C@H](C)C2CCN(Cc3cnccc3N)CC2)c2ccccc12. The summed E-state index contributed by atoms with van der Waals surface area (Å²) in [5, 5.41) is 3.89. The highest BCUT2D eigenvalue weighted by atomic mass is 16.5. The second-order valence-corrected chi connectivity index (χ2v) is 10.8. The van der Waals surface area contributed by atoms with Gasteiger partial charge in [-0.3, -0.25) is 19.5 Å². The number of pyridine rings is 2. The normalized spacial score (nSPS) is 15.3. The first-order valence-corrected chi connectivity index (χ1v) is 13.8. The van der Waals surface area contributed by atoms with Crippen molar-refractivity contribution in [3.8, 4) is 5.75 Å². The highest BCUT2D eigenvalue weighted by molar-refractivity contribution is 6.08. The number of nitrogens with one attached hydrogen (secondary N) is 2. The van der Waals surface area contributed by atoms with Crippen LogP contribution in [-0.4, -0.2) is 45.5 Å². The van der Waals surface area contributed by atoms with Crippen molar-refractivity contribution in [3.05, 3.63) is 87.2 Å². The number of nitrogen functional groups attached to an aromatic ring is 1. The van der Waals surface area contributed by atoms with Gasteiger partial charge in [0.05, 0.1) is 24.8 Å². The summed E-state index contributed by atoms with van der Waals surface area (Å²) in [6.07, 6.45) is 5.71. The highest BCUT2D eigenvalue weighted by Gasteiger charge is 2.29. The number of para-hydroxylation sites is 1. The first-order chi connectivity index (χ1) is 19.3. The first kappa shape index (κ1) is 27.5. The van der Waals surface area contributed by atoms with Gasteiger partial charge in [-0.2, -0.15) is 0 Å². The van der Waals surface area contributed by atoms with Crippen LogP contribution in [0.2, 0.25) is 0 Å². The summed E-state index contributed by atoms with van der Waals surface area (Å²) in [5.41, 5.74) is 11.5. The van der Waals surface area contributed by atoms with Crippen molar-refractivity contribution in [3.63, 3.8) is 0 Å². The smallest absolute Gasteiger partial charge is 0.256 e. The van der Waals surface area contributed by atoms with Crippen molar-refractivity contribution in [2.75, 3.05) is 25.9 Å². The summed E-state index contributed by atoms with van der Waals surface area (Å²) in [6, 6.07) is 11.9. The Morgan fingerprint density at radius 3 is 2.70 bits per heavy atom. The van der Waals surface area contributed by atoms with E-state index in [2.05, 4.69) is 37.7 Å². The van der Waals surface area contributed by atoms with Crippen molar-refractivity contribution in [2.45, 2.75) is 52.7 Å². The zero-order valence-electron chi connectivity index (χ0n) is 23.7. The predicted molar refractivity (Wildman–Crippen MR) is 158 cm³/mol. The molecule has 40 heavy (non-hydrogen) atoms. The average Bonchev–Trinajstić information content (AvgIpc) is 3.25. The number of methoxy groups -OCH3 is 1. The molecule has 1 saturated heterocycles. The van der Waals surface area contributed by atoms with E-state index in [9.17, 15) is 9.59 Å². The number of piperidine rings is 1. The molecule has 1 aromatic carbocycles. The molecule has 0 spiro atoms. The van der Waals surface area contributed by atoms with Crippen LogP contribution in [0.5, 0.6) is 5.75 Å². The summed E-state index contributed by atoms with van der Waals surface area (Å²) in [7, 11) is 1.53. The molecule has 4 N–H and O–H groups in total. The van der Waals surface area contributed by atoms with Gasteiger partial charge in [0, 0.05) is 58.5 Å². The predicted octanol–water partition coefficient (Wildman–Crippen LogP) is 4.34. The van der Waals surface area contributed by atoms with Gasteiger partial charge in [0.2, 0.25) is 0 Å². The van der Waals surface area contributed by atoms with Crippen LogP contribution in [0.4, 0.5) is 5.69 Å². The van der Waals surface area contributed by atoms with Gasteiger partial charge in [0.25, 0.3) is 11.5 Å². The van der Waals surface area contributed by atoms with Gasteiger partial charge < -0.3 is 25.3 Å². The first-order valence-electron chi connectivity index (χ1n) is 13.8. The third kappa shape index (κ3) is 5.34. The lowest BCUT2D eigenvalue weighted by atomic mass is 9.89. The summed E-state index contributed by atoms with van der Waals surface area (Å²) >= 11 is 0. The number of H-pyrrole nitrogens is 1. The minimum Gasteiger partial charge on any atom is -0.496 e. The Labute approximate surface area is 234 Å². The summed E-state index contributed by atoms with van der Waals surface area (Å²) < 4.78 is 7.72. The second kappa shape index (κ2) is 11.6. The largest absolute Gasteiger partial charge is 0.496 e. The third-order valence-corrected chi connectivity index (χ3v) is 8.32. The summed E-state index contributed by atoms with van der Waals surface area (Å²) in [5.74, 6) is 0.737. The Morgan fingerprint density at radius 1 is 1.23 bits per heavy atom. The Kier molecular flexibility index (Phi) is 7.93. The maximum Gasteiger partial charge on any atom is 0.256 e. The number of fused-ring (bicyclic) bond motifs is 1. The highest BCUT2D eigenvalue weighted by Crippen LogP contribution is 2.36. The monoisotopic (exact) mass is 542 g/mol. The fourth-order valence-electron chi connectivity index (χ4n) is 6.11. The van der Waals surface area contributed by atoms with E-state index >= 15 is 0 Å². The molecule has 1 fully saturated rings. The molecule has 1 amide bonds. The van der Waals surface area contributed by atoms with E-state index in [0.29, 0.717) is 28.5 Å². The standard InChI is InChI=1S/C31H38N6O3/c1-19-15-28(40-4)25(30(38)35-19)17-34-31(39)29-21(3)37(27-8-6-5-7-24(27)29)20(2)22-10-13-36(14-11-22)18-23-16-33-12-9-26(23)32/h5-9,12,15-16,20,22H,10-11,13-14,17-18H2,1-4H3,(H2,32,33)(H,34,39)(H,35,38)/t20-/m1/s1. The number of hydrogen-bond donors (Lipinski definition) is 3. The molecule has 0 radical (unpaired) electrons. The lowest BCUT2D eigenvalue weighted by molar-refractivity contribution is 0.0951. The number of anilines is 1. The zero-order valence-corrected chi connectivity index (χ0v) is 23.7. The van der Waals surface area contributed by atoms with Crippen LogP contribution in [0.25, 0.3) is 10.9 Å². The number of amides is 1. The van der Waals surface area contributed by atoms with Crippen molar-refractivity contribution < 1.29 is 9.53 Å². The number of likely N-dealkylation sites (tertiary alicyclic amines) is 1. The number of benzene rings is 1. The van der Waals surface area contributed by atoms with Crippen LogP contribution in [0.3, 0.4) is 0 Å². The third-order valence-electron chi connectivity index (χ3n) is 8.32. The van der Waals surface area contributed by atoms with Crippen molar-refractivity contribution >= 4 is 22.5 Å². The number of rotatable bonds is 8. The van der Waals surface area contributed by atoms with Gasteiger partial charge in [0.15, 0.2) is 0 Å². The van der Waals surface area contributed by atoms with Gasteiger partial charge in [-0.25, -0.2) is 0 Å². The molecular formula is C31H38N6O3. The van der Waals surface area contributed by atoms with E-state index in [0.717, 1.165) is 60.3 Å². The van der Waals surface area contributed by atoms with Crippen LogP contribution in [0.15, 0.2) is 53.6 Å². The quantitative estimate of drug-likeness (QED) is 0.305. The number of carbonyl (C=O) groups excluding carboxylic acids is 1. The average molecular weight is 543 g/mol. The molecule has 4 heterocycles. The van der Waals surface area contributed by atoms with Crippen LogP contribution in [0.1, 0.15) is 58.7 Å². The Morgan fingerprint density at radius 2 is 1.98 bits per heavy atom. The number of aryl methyl sites for hydroxylation is 1. The van der Waals surface area contributed by atoms with E-state index in [-0.39, 0.29) is 24.1 Å². The molecular weight excluding hydrogens is 504 g/mol. The van der Waals surface area contributed by atoms with Gasteiger partial charge >= 0.3 is 0 Å². The minimum absolute atomic E-state index is 0.0754. The van der Waals surface area contributed by atoms with Crippen molar-refractivity contribution in [2.24, 2.45) is 5.92 Å². The van der Waals surface area contributed by atoms with Crippen molar-refractivity contribution in [1.82, 2.24) is 24.8 Å². The number of nitrogens with zero attached hydrogens (tertiary/aromatic N) is 3. The number of hydrogen-bond acceptors (Lipinski definition) is 6. The molecule has 9 nitrogen and oxygen atoms in total. The zero-order chi connectivity index (χ0) is 28.4. The molecule has 0 saturated carbocycles. The van der Waals surface area contributed by atoms with Gasteiger partial charge in [-0.1, -0.05) is 18.2 Å². The van der Waals surface area contributed by atoms with Crippen LogP contribution in [0, 0.1) is 19.8 Å². The lowest BCUT2D eigenvalue weighted by Gasteiger charge is -2.36. The van der Waals surface area contributed by atoms with E-state index in [1.54, 1.807) is 19.2 Å². The van der Waals surface area contributed by atoms with Crippen LogP contribution >= 0.6 is 0 Å². The molecule has 3 aromatic heterocycles. The van der Waals surface area contributed by atoms with E-state index in [4.69, 9.17) is 10.5 Å². The molecule has 0 bridgehead atoms. The number of carbonyl (C=O) groups is 1. The second-order valence-electron chi connectivity index (χ2n) is 10.8. The number of nitrogens with two attached hydrogens (primary N) is 1. The molecule has 1 aliphatic heterocycles. The number of aromatic nitrogens is 3. The molecule has 9 heteroatoms. The van der Waals surface area contributed by atoms with E-state index < -0.39 is 0 Å². The number of aromatic amines is 1. The Bertz CT molecular complexity index is 1580. The topological polar surface area (TPSA) is 118 Å². The van der Waals surface area contributed by atoms with Gasteiger partial charge in [-0.05, 0) is 70.8 Å². The summed E-state index contributed by atoms with van der Waals surface area (Å²) in [6.45, 7) is 8.94. The van der Waals surface area contributed by atoms with Gasteiger partial charge in [0.1, 0.15) is 5.75 Å². The molecule has 0 aliphatic carbocycles. The Hall–Kier alpha value is -4.11. The van der Waals surface area contributed by atoms with E-state index in [1.807, 2.05) is 37.4 Å². The molecule has 0 unspecified atom stereocenters. The fourth-order valence-corrected chi connectivity index (χ4v) is 6.11. The molecule has 5 rings (SSSR count). The Balaban J connectivity index is 1.34. The summed E-state index contributed by atoms with van der Waals surface area (Å²) in [4.78, 5) is 35.6. The van der Waals surface area contributed by atoms with Crippen molar-refractivity contribution in [1.29, 1.82) is 0 Å². The maximum absolute atomic E-state index is 13.6. The molecule has 1 atom stereocenters. The molecule has 4 aromatic rings. The fraction of sp³-hybridized carbons (Fsp3) is 0.387. The van der Waals surface area contributed by atoms with Crippen LogP contribution in [-0.2, 0) is 13.1 Å². The van der Waals surface area contributed by atoms with Gasteiger partial charge in [-0.15, -0.1) is 0 Å². The molecule has 1 aliphatic rings. The molecule has 210 valence electrons. The lowest BCUT2D eigenvalue weighted by Crippen LogP contribution is -2.36. The maximum atomic E-state index is 13.6. The van der Waals surface area contributed by atoms with Crippen LogP contribution < -0.4 is 21.3 Å². The van der Waals surface area contributed by atoms with E-state index in [1.165, 1.54) is 7.11 Å². The number of ether oxygens (including phenoxy) is 1. The minimum atomic E-state index is -0.262.